The van der Waals surface area contributed by atoms with E-state index in [9.17, 15) is 19.0 Å². The maximum atomic E-state index is 12.9. The first-order valence-electron chi connectivity index (χ1n) is 38.3. The Morgan fingerprint density at radius 1 is 0.356 bits per heavy atom. The topological polar surface area (TPSA) is 111 Å². The fourth-order valence-electron chi connectivity index (χ4n) is 11.1. The lowest BCUT2D eigenvalue weighted by Crippen LogP contribution is -2.37. The molecule has 0 saturated heterocycles. The summed E-state index contributed by atoms with van der Waals surface area (Å²) in [6.45, 7) is 4.19. The molecule has 0 spiro atoms. The second kappa shape index (κ2) is 70.5. The van der Waals surface area contributed by atoms with Gasteiger partial charge >= 0.3 is 11.9 Å². The van der Waals surface area contributed by atoms with Gasteiger partial charge in [0.15, 0.2) is 6.10 Å². The zero-order valence-corrected chi connectivity index (χ0v) is 60.7. The van der Waals surface area contributed by atoms with E-state index in [-0.39, 0.29) is 32.0 Å². The number of phosphoric ester groups is 1. The number of likely N-dealkylation sites (N-methyl/N-ethyl adjacent to an activating group) is 1. The van der Waals surface area contributed by atoms with E-state index in [1.807, 2.05) is 21.1 Å². The molecule has 90 heavy (non-hydrogen) atoms. The number of phosphoric acid groups is 1. The summed E-state index contributed by atoms with van der Waals surface area (Å²) in [6, 6.07) is 0. The highest BCUT2D eigenvalue weighted by Gasteiger charge is 2.22. The van der Waals surface area contributed by atoms with Crippen LogP contribution in [0, 0.1) is 0 Å². The summed E-state index contributed by atoms with van der Waals surface area (Å²) in [5.74, 6) is -0.814. The lowest BCUT2D eigenvalue weighted by molar-refractivity contribution is -0.870. The van der Waals surface area contributed by atoms with Crippen molar-refractivity contribution in [3.63, 3.8) is 0 Å². The SMILES string of the molecule is CC/C=C\C/C=C\C/C=C\C/C=C\C/C=C\C/C=C\C/C=C\CCCCCCCCCCCCCCCCCCCCCC(=O)OC(COC(=O)CCCCCCCCCCCCCCCCCCCCCCCCCCC)COP(=O)([O-])OCC[N+](C)(C)C. The van der Waals surface area contributed by atoms with Crippen molar-refractivity contribution < 1.29 is 42.1 Å². The van der Waals surface area contributed by atoms with Crippen LogP contribution in [0.3, 0.4) is 0 Å². The van der Waals surface area contributed by atoms with Crippen molar-refractivity contribution in [1.29, 1.82) is 0 Å². The molecule has 524 valence electrons. The van der Waals surface area contributed by atoms with Gasteiger partial charge in [-0.2, -0.15) is 0 Å². The van der Waals surface area contributed by atoms with Gasteiger partial charge in [-0.3, -0.25) is 14.2 Å². The van der Waals surface area contributed by atoms with Crippen LogP contribution in [0.4, 0.5) is 0 Å². The van der Waals surface area contributed by atoms with Crippen LogP contribution in [0.25, 0.3) is 0 Å². The molecule has 0 N–H and O–H groups in total. The number of rotatable bonds is 71. The van der Waals surface area contributed by atoms with Gasteiger partial charge in [0.1, 0.15) is 19.8 Å². The predicted molar refractivity (Wildman–Crippen MR) is 388 cm³/mol. The van der Waals surface area contributed by atoms with Gasteiger partial charge < -0.3 is 27.9 Å². The van der Waals surface area contributed by atoms with Crippen molar-refractivity contribution in [2.45, 2.75) is 367 Å². The molecule has 0 aromatic heterocycles. The van der Waals surface area contributed by atoms with Crippen molar-refractivity contribution in [2.75, 3.05) is 47.5 Å². The summed E-state index contributed by atoms with van der Waals surface area (Å²) >= 11 is 0. The standard InChI is InChI=1S/C80H146NO8P/c1-6-8-10-12-14-16-18-20-22-24-26-28-30-32-33-34-35-36-37-38-39-40-41-42-43-44-45-46-47-49-51-53-55-57-59-61-63-65-67-69-71-73-80(83)89-78(77-88-90(84,85)87-75-74-81(3,4)5)76-86-79(82)72-70-68-66-64-62-60-58-56-54-52-50-48-31-29-27-25-23-21-19-17-15-13-11-9-7-2/h8,10,14,16,20,22,26,28,32-33,35-36,38-39,78H,6-7,9,11-13,15,17-19,21,23-25,27,29-31,34,37,40-77H2,1-5H3/b10-8-,16-14-,22-20-,28-26-,33-32-,36-35-,39-38-. The van der Waals surface area contributed by atoms with E-state index >= 15 is 0 Å². The summed E-state index contributed by atoms with van der Waals surface area (Å²) in [7, 11) is 1.18. The molecule has 0 aliphatic carbocycles. The Hall–Kier alpha value is -2.81. The third-order valence-electron chi connectivity index (χ3n) is 16.9. The molecule has 0 aliphatic heterocycles. The molecule has 2 unspecified atom stereocenters. The molecule has 0 aromatic carbocycles. The summed E-state index contributed by atoms with van der Waals surface area (Å²) in [4.78, 5) is 38.1. The van der Waals surface area contributed by atoms with Gasteiger partial charge in [0, 0.05) is 12.8 Å². The highest BCUT2D eigenvalue weighted by molar-refractivity contribution is 7.45. The average Bonchev–Trinajstić information content (AvgIpc) is 3.62. The van der Waals surface area contributed by atoms with Crippen LogP contribution >= 0.6 is 7.82 Å². The van der Waals surface area contributed by atoms with Gasteiger partial charge in [-0.25, -0.2) is 0 Å². The lowest BCUT2D eigenvalue weighted by atomic mass is 10.0. The molecule has 0 aliphatic rings. The van der Waals surface area contributed by atoms with Crippen LogP contribution in [0.1, 0.15) is 361 Å². The number of esters is 2. The maximum absolute atomic E-state index is 12.9. The minimum absolute atomic E-state index is 0.0295. The Bertz CT molecular complexity index is 1800. The largest absolute Gasteiger partial charge is 0.756 e. The zero-order valence-electron chi connectivity index (χ0n) is 59.8. The molecule has 0 fully saturated rings. The van der Waals surface area contributed by atoms with Crippen molar-refractivity contribution in [1.82, 2.24) is 0 Å². The van der Waals surface area contributed by atoms with Crippen LogP contribution in [-0.2, 0) is 32.7 Å². The Labute approximate surface area is 558 Å². The van der Waals surface area contributed by atoms with E-state index in [4.69, 9.17) is 18.5 Å². The highest BCUT2D eigenvalue weighted by atomic mass is 31.2. The van der Waals surface area contributed by atoms with Crippen molar-refractivity contribution in [2.24, 2.45) is 0 Å². The third-order valence-corrected chi connectivity index (χ3v) is 17.9. The number of quaternary nitrogens is 1. The minimum atomic E-state index is -4.64. The molecule has 0 amide bonds. The Morgan fingerprint density at radius 2 is 0.633 bits per heavy atom. The van der Waals surface area contributed by atoms with Crippen molar-refractivity contribution >= 4 is 19.8 Å². The van der Waals surface area contributed by atoms with E-state index in [0.717, 1.165) is 83.5 Å². The van der Waals surface area contributed by atoms with Gasteiger partial charge in [-0.05, 0) is 70.6 Å². The second-order valence-corrected chi connectivity index (χ2v) is 28.4. The van der Waals surface area contributed by atoms with Gasteiger partial charge in [-0.1, -0.05) is 362 Å². The third kappa shape index (κ3) is 74.2. The number of hydrogen-bond donors (Lipinski definition) is 0. The molecule has 0 radical (unpaired) electrons. The normalized spacial score (nSPS) is 13.5. The Morgan fingerprint density at radius 3 is 0.944 bits per heavy atom. The first-order chi connectivity index (χ1) is 44.0. The number of hydrogen-bond acceptors (Lipinski definition) is 8. The predicted octanol–water partition coefficient (Wildman–Crippen LogP) is 24.6. The fourth-order valence-corrected chi connectivity index (χ4v) is 11.8. The molecule has 9 nitrogen and oxygen atoms in total. The monoisotopic (exact) mass is 1280 g/mol. The molecular weight excluding hydrogens is 1130 g/mol. The molecule has 0 heterocycles. The van der Waals surface area contributed by atoms with Crippen LogP contribution < -0.4 is 4.89 Å². The lowest BCUT2D eigenvalue weighted by Gasteiger charge is -2.28. The zero-order chi connectivity index (χ0) is 65.5. The average molecular weight is 1280 g/mol. The molecule has 10 heteroatoms. The molecule has 0 bridgehead atoms. The highest BCUT2D eigenvalue weighted by Crippen LogP contribution is 2.38. The van der Waals surface area contributed by atoms with E-state index in [1.54, 1.807) is 0 Å². The molecule has 0 rings (SSSR count). The van der Waals surface area contributed by atoms with Gasteiger partial charge in [0.2, 0.25) is 0 Å². The summed E-state index contributed by atoms with van der Waals surface area (Å²) < 4.78 is 34.4. The summed E-state index contributed by atoms with van der Waals surface area (Å²) in [6.07, 6.45) is 96.9. The van der Waals surface area contributed by atoms with Crippen LogP contribution in [0.2, 0.25) is 0 Å². The van der Waals surface area contributed by atoms with Crippen LogP contribution in [0.15, 0.2) is 85.1 Å². The molecule has 0 saturated carbocycles. The van der Waals surface area contributed by atoms with Crippen molar-refractivity contribution in [3.05, 3.63) is 85.1 Å². The first kappa shape index (κ1) is 87.2. The van der Waals surface area contributed by atoms with Crippen LogP contribution in [-0.4, -0.2) is 70.0 Å². The Balaban J connectivity index is 3.94. The van der Waals surface area contributed by atoms with E-state index in [1.165, 1.54) is 244 Å². The smallest absolute Gasteiger partial charge is 0.306 e. The second-order valence-electron chi connectivity index (χ2n) is 27.0. The fraction of sp³-hybridized carbons (Fsp3) is 0.800. The quantitative estimate of drug-likeness (QED) is 0.0195. The van der Waals surface area contributed by atoms with Gasteiger partial charge in [-0.15, -0.1) is 0 Å². The Kier molecular flexibility index (Phi) is 68.3. The number of unbranched alkanes of at least 4 members (excludes halogenated alkanes) is 43. The minimum Gasteiger partial charge on any atom is -0.756 e. The molecule has 0 aromatic rings. The number of ether oxygens (including phenoxy) is 2. The van der Waals surface area contributed by atoms with Gasteiger partial charge in [0.05, 0.1) is 27.7 Å². The number of carbonyl (C=O) groups is 2. The molecule has 2 atom stereocenters. The van der Waals surface area contributed by atoms with Crippen molar-refractivity contribution in [3.8, 4) is 0 Å². The summed E-state index contributed by atoms with van der Waals surface area (Å²) in [5.41, 5.74) is 0. The maximum Gasteiger partial charge on any atom is 0.306 e. The van der Waals surface area contributed by atoms with E-state index < -0.39 is 26.5 Å². The van der Waals surface area contributed by atoms with Crippen LogP contribution in [0.5, 0.6) is 0 Å². The first-order valence-corrected chi connectivity index (χ1v) is 39.8. The van der Waals surface area contributed by atoms with Gasteiger partial charge in [0.25, 0.3) is 7.82 Å². The summed E-state index contributed by atoms with van der Waals surface area (Å²) in [5, 5.41) is 0. The number of carbonyl (C=O) groups excluding carboxylic acids is 2. The number of allylic oxidation sites excluding steroid dienone is 14. The number of nitrogens with zero attached hydrogens (tertiary/aromatic N) is 1. The molecular formula is C80H146NO8P. The van der Waals surface area contributed by atoms with E-state index in [0.29, 0.717) is 17.4 Å². The van der Waals surface area contributed by atoms with E-state index in [2.05, 4.69) is 98.9 Å².